The number of hydrogen-bond donors (Lipinski definition) is 0. The summed E-state index contributed by atoms with van der Waals surface area (Å²) in [5.41, 5.74) is 1.89. The molecule has 0 unspecified atom stereocenters. The topological polar surface area (TPSA) is 47.8 Å². The fraction of sp³-hybridized carbons (Fsp3) is 0.0625. The van der Waals surface area contributed by atoms with Crippen molar-refractivity contribution in [1.82, 2.24) is 14.5 Å². The van der Waals surface area contributed by atoms with Crippen LogP contribution in [0.4, 0.5) is 0 Å². The zero-order valence-corrected chi connectivity index (χ0v) is 12.9. The number of ketones is 1. The van der Waals surface area contributed by atoms with E-state index in [0.717, 1.165) is 5.56 Å². The summed E-state index contributed by atoms with van der Waals surface area (Å²) in [6, 6.07) is 9.35. The number of hydrogen-bond acceptors (Lipinski definition) is 3. The third-order valence-corrected chi connectivity index (χ3v) is 3.71. The quantitative estimate of drug-likeness (QED) is 0.538. The predicted molar refractivity (Wildman–Crippen MR) is 85.5 cm³/mol. The number of carbonyl (C=O) groups excluding carboxylic acids is 1. The van der Waals surface area contributed by atoms with Crippen molar-refractivity contribution in [3.63, 3.8) is 0 Å². The smallest absolute Gasteiger partial charge is 0.199 e. The lowest BCUT2D eigenvalue weighted by Crippen LogP contribution is -2.03. The molecule has 0 bridgehead atoms. The minimum atomic E-state index is -0.199. The van der Waals surface area contributed by atoms with Crippen molar-refractivity contribution in [1.29, 1.82) is 0 Å². The van der Waals surface area contributed by atoms with Crippen LogP contribution >= 0.6 is 23.2 Å². The standard InChI is InChI=1S/C16H11Cl2N3O/c17-13-3-1-2-11(6-13)8-21-5-4-12(9-21)15(22)14-7-19-10-20-16(14)18/h1-7,9-10H,8H2. The van der Waals surface area contributed by atoms with Gasteiger partial charge in [0.2, 0.25) is 0 Å². The summed E-state index contributed by atoms with van der Waals surface area (Å²) in [4.78, 5) is 20.0. The molecule has 0 saturated heterocycles. The second kappa shape index (κ2) is 6.30. The Morgan fingerprint density at radius 3 is 2.86 bits per heavy atom. The summed E-state index contributed by atoms with van der Waals surface area (Å²) in [7, 11) is 0. The van der Waals surface area contributed by atoms with Gasteiger partial charge in [-0.1, -0.05) is 35.3 Å². The number of rotatable bonds is 4. The first-order valence-electron chi connectivity index (χ1n) is 6.54. The van der Waals surface area contributed by atoms with Gasteiger partial charge in [-0.3, -0.25) is 4.79 Å². The minimum absolute atomic E-state index is 0.155. The first-order valence-corrected chi connectivity index (χ1v) is 7.29. The van der Waals surface area contributed by atoms with Crippen LogP contribution in [0.3, 0.4) is 0 Å². The Bertz CT molecular complexity index is 830. The number of carbonyl (C=O) groups is 1. The highest BCUT2D eigenvalue weighted by atomic mass is 35.5. The van der Waals surface area contributed by atoms with Gasteiger partial charge in [0.15, 0.2) is 5.78 Å². The van der Waals surface area contributed by atoms with E-state index in [1.807, 2.05) is 35.0 Å². The Hall–Kier alpha value is -2.17. The molecule has 3 rings (SSSR count). The van der Waals surface area contributed by atoms with E-state index in [1.54, 1.807) is 12.3 Å². The molecule has 2 aromatic heterocycles. The Morgan fingerprint density at radius 1 is 1.23 bits per heavy atom. The molecule has 0 amide bonds. The fourth-order valence-electron chi connectivity index (χ4n) is 2.14. The summed E-state index contributed by atoms with van der Waals surface area (Å²) in [5, 5.41) is 0.844. The number of nitrogens with zero attached hydrogens (tertiary/aromatic N) is 3. The van der Waals surface area contributed by atoms with Crippen LogP contribution in [0, 0.1) is 0 Å². The van der Waals surface area contributed by atoms with Crippen molar-refractivity contribution >= 4 is 29.0 Å². The molecule has 0 spiro atoms. The van der Waals surface area contributed by atoms with Crippen molar-refractivity contribution in [2.45, 2.75) is 6.54 Å². The molecule has 0 fully saturated rings. The number of benzene rings is 1. The highest BCUT2D eigenvalue weighted by Gasteiger charge is 2.15. The third-order valence-electron chi connectivity index (χ3n) is 3.18. The van der Waals surface area contributed by atoms with Crippen molar-refractivity contribution in [2.75, 3.05) is 0 Å². The summed E-state index contributed by atoms with van der Waals surface area (Å²) in [6.45, 7) is 0.632. The van der Waals surface area contributed by atoms with Gasteiger partial charge in [-0.15, -0.1) is 0 Å². The molecule has 0 aliphatic carbocycles. The maximum Gasteiger partial charge on any atom is 0.199 e. The molecule has 0 aliphatic heterocycles. The summed E-state index contributed by atoms with van der Waals surface area (Å²) < 4.78 is 1.91. The zero-order valence-electron chi connectivity index (χ0n) is 11.4. The highest BCUT2D eigenvalue weighted by molar-refractivity contribution is 6.33. The molecular weight excluding hydrogens is 321 g/mol. The maximum absolute atomic E-state index is 12.4. The lowest BCUT2D eigenvalue weighted by Gasteiger charge is -2.03. The molecule has 110 valence electrons. The van der Waals surface area contributed by atoms with Gasteiger partial charge >= 0.3 is 0 Å². The molecule has 6 heteroatoms. The first-order chi connectivity index (χ1) is 10.6. The van der Waals surface area contributed by atoms with E-state index in [-0.39, 0.29) is 10.9 Å². The van der Waals surface area contributed by atoms with E-state index in [0.29, 0.717) is 22.7 Å². The Kier molecular flexibility index (Phi) is 4.22. The van der Waals surface area contributed by atoms with Crippen molar-refractivity contribution < 1.29 is 4.79 Å². The molecule has 0 aliphatic rings. The third kappa shape index (κ3) is 3.18. The molecular formula is C16H11Cl2N3O. The van der Waals surface area contributed by atoms with Gasteiger partial charge in [0.25, 0.3) is 0 Å². The van der Waals surface area contributed by atoms with E-state index in [1.165, 1.54) is 12.5 Å². The van der Waals surface area contributed by atoms with Gasteiger partial charge < -0.3 is 4.57 Å². The maximum atomic E-state index is 12.4. The van der Waals surface area contributed by atoms with Crippen LogP contribution in [0.25, 0.3) is 0 Å². The largest absolute Gasteiger partial charge is 0.349 e. The molecule has 3 aromatic rings. The second-order valence-electron chi connectivity index (χ2n) is 4.76. The molecule has 0 N–H and O–H groups in total. The Balaban J connectivity index is 1.82. The fourth-order valence-corrected chi connectivity index (χ4v) is 2.53. The zero-order chi connectivity index (χ0) is 15.5. The van der Waals surface area contributed by atoms with Crippen LogP contribution in [0.15, 0.2) is 55.2 Å². The lowest BCUT2D eigenvalue weighted by atomic mass is 10.1. The average Bonchev–Trinajstić information content (AvgIpc) is 2.95. The van der Waals surface area contributed by atoms with E-state index in [4.69, 9.17) is 23.2 Å². The van der Waals surface area contributed by atoms with E-state index >= 15 is 0 Å². The first kappa shape index (κ1) is 14.8. The van der Waals surface area contributed by atoms with E-state index < -0.39 is 0 Å². The van der Waals surface area contributed by atoms with Crippen molar-refractivity contribution in [3.05, 3.63) is 82.1 Å². The van der Waals surface area contributed by atoms with Crippen LogP contribution in [0.5, 0.6) is 0 Å². The molecule has 0 radical (unpaired) electrons. The Morgan fingerprint density at radius 2 is 2.09 bits per heavy atom. The number of aromatic nitrogens is 3. The Labute approximate surface area is 137 Å². The van der Waals surface area contributed by atoms with Crippen molar-refractivity contribution in [2.24, 2.45) is 0 Å². The van der Waals surface area contributed by atoms with Gasteiger partial charge in [0.05, 0.1) is 5.56 Å². The average molecular weight is 332 g/mol. The van der Waals surface area contributed by atoms with Crippen LogP contribution in [-0.4, -0.2) is 20.3 Å². The van der Waals surface area contributed by atoms with E-state index in [2.05, 4.69) is 9.97 Å². The number of halogens is 2. The van der Waals surface area contributed by atoms with Gasteiger partial charge in [-0.05, 0) is 23.8 Å². The van der Waals surface area contributed by atoms with Crippen molar-refractivity contribution in [3.8, 4) is 0 Å². The van der Waals surface area contributed by atoms with Crippen LogP contribution in [0.2, 0.25) is 10.2 Å². The normalized spacial score (nSPS) is 10.6. The lowest BCUT2D eigenvalue weighted by molar-refractivity contribution is 0.103. The molecule has 22 heavy (non-hydrogen) atoms. The summed E-state index contributed by atoms with van der Waals surface area (Å²) >= 11 is 11.9. The second-order valence-corrected chi connectivity index (χ2v) is 5.55. The molecule has 0 saturated carbocycles. The molecule has 2 heterocycles. The molecule has 0 atom stereocenters. The van der Waals surface area contributed by atoms with Crippen LogP contribution < -0.4 is 0 Å². The van der Waals surface area contributed by atoms with Crippen LogP contribution in [-0.2, 0) is 6.54 Å². The predicted octanol–water partition coefficient (Wildman–Crippen LogP) is 3.86. The van der Waals surface area contributed by atoms with Crippen LogP contribution in [0.1, 0.15) is 21.5 Å². The SMILES string of the molecule is O=C(c1ccn(Cc2cccc(Cl)c2)c1)c1cncnc1Cl. The highest BCUT2D eigenvalue weighted by Crippen LogP contribution is 2.17. The summed E-state index contributed by atoms with van der Waals surface area (Å²) in [6.07, 6.45) is 6.34. The van der Waals surface area contributed by atoms with Gasteiger partial charge in [0.1, 0.15) is 11.5 Å². The van der Waals surface area contributed by atoms with Gasteiger partial charge in [-0.25, -0.2) is 9.97 Å². The van der Waals surface area contributed by atoms with Gasteiger partial charge in [0, 0.05) is 35.7 Å². The summed E-state index contributed by atoms with van der Waals surface area (Å²) in [5.74, 6) is -0.199. The molecule has 1 aromatic carbocycles. The van der Waals surface area contributed by atoms with Gasteiger partial charge in [-0.2, -0.15) is 0 Å². The molecule has 4 nitrogen and oxygen atoms in total. The monoisotopic (exact) mass is 331 g/mol. The minimum Gasteiger partial charge on any atom is -0.349 e. The van der Waals surface area contributed by atoms with E-state index in [9.17, 15) is 4.79 Å².